The van der Waals surface area contributed by atoms with Gasteiger partial charge in [0.05, 0.1) is 0 Å². The Bertz CT molecular complexity index is 510. The molecule has 1 aromatic heterocycles. The second-order valence-electron chi connectivity index (χ2n) is 7.22. The standard InChI is InChI=1S/C18H31N5/c1-18(2,3)22-17(19-4)21-14-15-9-10-20-16(13-15)23-11-7-5-6-8-12-23/h9-10,13H,5-8,11-12,14H2,1-4H3,(H2,19,21,22). The van der Waals surface area contributed by atoms with Crippen LogP contribution in [-0.4, -0.2) is 36.6 Å². The van der Waals surface area contributed by atoms with Crippen molar-refractivity contribution in [2.75, 3.05) is 25.0 Å². The van der Waals surface area contributed by atoms with Gasteiger partial charge in [-0.15, -0.1) is 0 Å². The van der Waals surface area contributed by atoms with Crippen LogP contribution in [0.3, 0.4) is 0 Å². The topological polar surface area (TPSA) is 52.6 Å². The summed E-state index contributed by atoms with van der Waals surface area (Å²) in [6.07, 6.45) is 7.13. The molecule has 0 amide bonds. The highest BCUT2D eigenvalue weighted by atomic mass is 15.2. The first kappa shape index (κ1) is 17.6. The summed E-state index contributed by atoms with van der Waals surface area (Å²) in [4.78, 5) is 11.3. The van der Waals surface area contributed by atoms with Crippen molar-refractivity contribution in [2.24, 2.45) is 4.99 Å². The number of nitrogens with one attached hydrogen (secondary N) is 2. The Kier molecular flexibility index (Phi) is 6.25. The fourth-order valence-electron chi connectivity index (χ4n) is 2.76. The minimum absolute atomic E-state index is 0.00268. The Labute approximate surface area is 140 Å². The highest BCUT2D eigenvalue weighted by molar-refractivity contribution is 5.80. The molecule has 2 rings (SSSR count). The second kappa shape index (κ2) is 8.18. The van der Waals surface area contributed by atoms with Crippen LogP contribution in [0.5, 0.6) is 0 Å². The van der Waals surface area contributed by atoms with E-state index < -0.39 is 0 Å². The van der Waals surface area contributed by atoms with Gasteiger partial charge in [0.15, 0.2) is 5.96 Å². The van der Waals surface area contributed by atoms with E-state index in [1.165, 1.54) is 31.2 Å². The number of aliphatic imine (C=N–C) groups is 1. The fraction of sp³-hybridized carbons (Fsp3) is 0.667. The van der Waals surface area contributed by atoms with Crippen LogP contribution in [0, 0.1) is 0 Å². The molecule has 1 aliphatic rings. The zero-order chi connectivity index (χ0) is 16.7. The van der Waals surface area contributed by atoms with Gasteiger partial charge in [-0.25, -0.2) is 4.98 Å². The van der Waals surface area contributed by atoms with Gasteiger partial charge in [0.25, 0.3) is 0 Å². The molecule has 23 heavy (non-hydrogen) atoms. The van der Waals surface area contributed by atoms with Crippen molar-refractivity contribution in [3.63, 3.8) is 0 Å². The van der Waals surface area contributed by atoms with Crippen molar-refractivity contribution in [2.45, 2.75) is 58.5 Å². The number of hydrogen-bond acceptors (Lipinski definition) is 3. The van der Waals surface area contributed by atoms with Crippen LogP contribution in [0.15, 0.2) is 23.3 Å². The number of anilines is 1. The molecule has 0 aromatic carbocycles. The molecule has 5 nitrogen and oxygen atoms in total. The molecule has 1 saturated heterocycles. The van der Waals surface area contributed by atoms with E-state index >= 15 is 0 Å². The van der Waals surface area contributed by atoms with E-state index in [-0.39, 0.29) is 5.54 Å². The molecule has 1 aromatic rings. The fourth-order valence-corrected chi connectivity index (χ4v) is 2.76. The molecule has 5 heteroatoms. The number of pyridine rings is 1. The predicted octanol–water partition coefficient (Wildman–Crippen LogP) is 2.93. The Balaban J connectivity index is 1.96. The molecule has 1 fully saturated rings. The molecule has 128 valence electrons. The summed E-state index contributed by atoms with van der Waals surface area (Å²) in [6, 6.07) is 4.27. The summed E-state index contributed by atoms with van der Waals surface area (Å²) in [7, 11) is 1.80. The zero-order valence-electron chi connectivity index (χ0n) is 15.0. The second-order valence-corrected chi connectivity index (χ2v) is 7.22. The number of hydrogen-bond donors (Lipinski definition) is 2. The summed E-state index contributed by atoms with van der Waals surface area (Å²) in [5.74, 6) is 1.93. The summed E-state index contributed by atoms with van der Waals surface area (Å²) in [6.45, 7) is 9.38. The summed E-state index contributed by atoms with van der Waals surface area (Å²) < 4.78 is 0. The largest absolute Gasteiger partial charge is 0.357 e. The first-order valence-electron chi connectivity index (χ1n) is 8.67. The average molecular weight is 317 g/mol. The highest BCUT2D eigenvalue weighted by Crippen LogP contribution is 2.18. The smallest absolute Gasteiger partial charge is 0.191 e. The number of rotatable bonds is 3. The minimum atomic E-state index is -0.00268. The Morgan fingerprint density at radius 2 is 1.91 bits per heavy atom. The number of guanidine groups is 1. The van der Waals surface area contributed by atoms with Gasteiger partial charge >= 0.3 is 0 Å². The van der Waals surface area contributed by atoms with Gasteiger partial charge in [-0.2, -0.15) is 0 Å². The normalized spacial score (nSPS) is 16.9. The molecule has 0 radical (unpaired) electrons. The van der Waals surface area contributed by atoms with Crippen LogP contribution in [-0.2, 0) is 6.54 Å². The van der Waals surface area contributed by atoms with Gasteiger partial charge in [0.1, 0.15) is 5.82 Å². The van der Waals surface area contributed by atoms with Gasteiger partial charge in [-0.05, 0) is 51.3 Å². The van der Waals surface area contributed by atoms with Crippen LogP contribution in [0.2, 0.25) is 0 Å². The SMILES string of the molecule is CN=C(NCc1ccnc(N2CCCCCC2)c1)NC(C)(C)C. The van der Waals surface area contributed by atoms with Crippen molar-refractivity contribution in [1.29, 1.82) is 0 Å². The maximum atomic E-state index is 4.56. The maximum absolute atomic E-state index is 4.56. The lowest BCUT2D eigenvalue weighted by molar-refractivity contribution is 0.501. The molecule has 0 spiro atoms. The van der Waals surface area contributed by atoms with E-state index in [4.69, 9.17) is 0 Å². The molecule has 0 unspecified atom stereocenters. The third-order valence-electron chi connectivity index (χ3n) is 3.92. The molecule has 0 atom stereocenters. The molecule has 1 aliphatic heterocycles. The van der Waals surface area contributed by atoms with Crippen LogP contribution < -0.4 is 15.5 Å². The molecule has 2 heterocycles. The summed E-state index contributed by atoms with van der Waals surface area (Å²) in [5.41, 5.74) is 1.23. The van der Waals surface area contributed by atoms with Crippen molar-refractivity contribution >= 4 is 11.8 Å². The first-order valence-corrected chi connectivity index (χ1v) is 8.67. The lowest BCUT2D eigenvalue weighted by Gasteiger charge is -2.24. The van der Waals surface area contributed by atoms with Crippen LogP contribution >= 0.6 is 0 Å². The zero-order valence-corrected chi connectivity index (χ0v) is 15.0. The van der Waals surface area contributed by atoms with E-state index in [1.54, 1.807) is 7.05 Å². The van der Waals surface area contributed by atoms with Crippen molar-refractivity contribution in [3.8, 4) is 0 Å². The molecule has 0 aliphatic carbocycles. The van der Waals surface area contributed by atoms with Gasteiger partial charge in [-0.3, -0.25) is 4.99 Å². The summed E-state index contributed by atoms with van der Waals surface area (Å²) in [5, 5.41) is 6.75. The van der Waals surface area contributed by atoms with Crippen LogP contribution in [0.1, 0.15) is 52.0 Å². The van der Waals surface area contributed by atoms with Crippen molar-refractivity contribution < 1.29 is 0 Å². The van der Waals surface area contributed by atoms with Gasteiger partial charge in [-0.1, -0.05) is 12.8 Å². The lowest BCUT2D eigenvalue weighted by Crippen LogP contribution is -2.47. The van der Waals surface area contributed by atoms with Crippen molar-refractivity contribution in [1.82, 2.24) is 15.6 Å². The molecule has 0 bridgehead atoms. The molecule has 2 N–H and O–H groups in total. The number of aromatic nitrogens is 1. The third kappa shape index (κ3) is 6.08. The minimum Gasteiger partial charge on any atom is -0.357 e. The van der Waals surface area contributed by atoms with E-state index in [1.807, 2.05) is 6.20 Å². The van der Waals surface area contributed by atoms with E-state index in [2.05, 4.69) is 58.4 Å². The first-order chi connectivity index (χ1) is 11.0. The number of nitrogens with zero attached hydrogens (tertiary/aromatic N) is 3. The quantitative estimate of drug-likeness (QED) is 0.665. The van der Waals surface area contributed by atoms with Crippen LogP contribution in [0.4, 0.5) is 5.82 Å². The van der Waals surface area contributed by atoms with E-state index in [0.717, 1.165) is 31.4 Å². The van der Waals surface area contributed by atoms with Crippen molar-refractivity contribution in [3.05, 3.63) is 23.9 Å². The highest BCUT2D eigenvalue weighted by Gasteiger charge is 2.13. The molecular formula is C18H31N5. The predicted molar refractivity (Wildman–Crippen MR) is 98.0 cm³/mol. The Hall–Kier alpha value is -1.78. The monoisotopic (exact) mass is 317 g/mol. The van der Waals surface area contributed by atoms with E-state index in [0.29, 0.717) is 0 Å². The average Bonchev–Trinajstić information content (AvgIpc) is 2.80. The molecule has 0 saturated carbocycles. The molecular weight excluding hydrogens is 286 g/mol. The van der Waals surface area contributed by atoms with Gasteiger partial charge in [0, 0.05) is 38.4 Å². The van der Waals surface area contributed by atoms with E-state index in [9.17, 15) is 0 Å². The Morgan fingerprint density at radius 3 is 2.52 bits per heavy atom. The van der Waals surface area contributed by atoms with Gasteiger partial charge < -0.3 is 15.5 Å². The Morgan fingerprint density at radius 1 is 1.22 bits per heavy atom. The van der Waals surface area contributed by atoms with Gasteiger partial charge in [0.2, 0.25) is 0 Å². The maximum Gasteiger partial charge on any atom is 0.191 e. The summed E-state index contributed by atoms with van der Waals surface area (Å²) >= 11 is 0. The van der Waals surface area contributed by atoms with Crippen LogP contribution in [0.25, 0.3) is 0 Å². The third-order valence-corrected chi connectivity index (χ3v) is 3.92. The lowest BCUT2D eigenvalue weighted by atomic mass is 10.1.